The molecule has 274 valence electrons. The number of aromatic hydroxyl groups is 2. The number of fused-ring (bicyclic) bond motifs is 3. The van der Waals surface area contributed by atoms with Gasteiger partial charge in [0.2, 0.25) is 5.78 Å². The van der Waals surface area contributed by atoms with Crippen LogP contribution in [-0.2, 0) is 20.7 Å². The lowest BCUT2D eigenvalue weighted by Gasteiger charge is -2.42. The number of hydrogen-bond donors (Lipinski definition) is 5. The van der Waals surface area contributed by atoms with E-state index < -0.39 is 95.7 Å². The first-order valence-corrected chi connectivity index (χ1v) is 16.9. The molecule has 0 amide bonds. The Kier molecular flexibility index (Phi) is 12.7. The van der Waals surface area contributed by atoms with E-state index in [1.54, 1.807) is 13.3 Å². The molecule has 0 saturated carbocycles. The summed E-state index contributed by atoms with van der Waals surface area (Å²) >= 11 is 0. The zero-order valence-electron chi connectivity index (χ0n) is 28.8. The quantitative estimate of drug-likeness (QED) is 0.0984. The number of aliphatic hydroxyl groups is 3. The number of carbonyl (C=O) groups excluding carboxylic acids is 3. The van der Waals surface area contributed by atoms with Crippen LogP contribution in [0.4, 0.5) is 0 Å². The zero-order chi connectivity index (χ0) is 35.6. The predicted molar refractivity (Wildman–Crippen MR) is 185 cm³/mol. The monoisotopic (exact) mass is 718 g/mol. The molecule has 50 heavy (non-hydrogen) atoms. The van der Waals surface area contributed by atoms with Gasteiger partial charge in [0.15, 0.2) is 17.9 Å². The number of phenols is 2. The van der Waals surface area contributed by atoms with Crippen LogP contribution in [0.15, 0.2) is 23.2 Å². The number of benzene rings is 2. The van der Waals surface area contributed by atoms with Gasteiger partial charge in [0.25, 0.3) is 0 Å². The van der Waals surface area contributed by atoms with Gasteiger partial charge in [-0.15, -0.1) is 12.4 Å². The van der Waals surface area contributed by atoms with Crippen molar-refractivity contribution in [2.75, 3.05) is 26.8 Å². The van der Waals surface area contributed by atoms with Gasteiger partial charge in [-0.25, -0.2) is 0 Å². The fourth-order valence-electron chi connectivity index (χ4n) is 6.97. The van der Waals surface area contributed by atoms with E-state index in [1.807, 2.05) is 0 Å². The average Bonchev–Trinajstić information content (AvgIpc) is 3.09. The second kappa shape index (κ2) is 16.2. The number of ether oxygens (including phenoxy) is 3. The Balaban J connectivity index is 0.00000562. The van der Waals surface area contributed by atoms with Crippen LogP contribution in [0, 0.1) is 0 Å². The number of carbonyl (C=O) groups is 3. The lowest BCUT2D eigenvalue weighted by Crippen LogP contribution is -2.50. The number of methoxy groups -OCH3 is 1. The number of unbranched alkanes of at least 4 members (excludes halogenated alkanes) is 2. The summed E-state index contributed by atoms with van der Waals surface area (Å²) in [6.45, 7) is 6.48. The number of hydrogen-bond acceptors (Lipinski definition) is 12. The Labute approximate surface area is 297 Å². The van der Waals surface area contributed by atoms with E-state index in [-0.39, 0.29) is 46.8 Å². The summed E-state index contributed by atoms with van der Waals surface area (Å²) in [5, 5.41) is 55.6. The molecule has 0 bridgehead atoms. The predicted octanol–water partition coefficient (Wildman–Crippen LogP) is 3.39. The van der Waals surface area contributed by atoms with Gasteiger partial charge < -0.3 is 44.6 Å². The van der Waals surface area contributed by atoms with Gasteiger partial charge in [-0.3, -0.25) is 19.4 Å². The number of halogens is 1. The normalized spacial score (nSPS) is 25.8. The summed E-state index contributed by atoms with van der Waals surface area (Å²) in [6, 6.07) is 3.77. The lowest BCUT2D eigenvalue weighted by atomic mass is 9.72. The molecule has 0 radical (unpaired) electrons. The van der Waals surface area contributed by atoms with Crippen LogP contribution in [0.1, 0.15) is 108 Å². The molecule has 2 aromatic rings. The van der Waals surface area contributed by atoms with Crippen LogP contribution in [0.2, 0.25) is 0 Å². The standard InChI is InChI=1S/C36H46N2O11.ClH/c1-5-7-12-38(13-8-6-2)18-37-22-14-26(48-19(3)31(22)41)49-24-16-36(46,25(40)17-39)15-21-28(24)35(45)30-29(33(21)43)32(42)20-10-9-11-23(47-4)27(20)34(30)44;/h9-11,18-19,22,24,26,31,39,41,43,45-46H,5-8,12-17H2,1-4H3;1H/t19?,22-,24-,26?,31+,36?;/m0./s1. The number of ketones is 3. The highest BCUT2D eigenvalue weighted by Gasteiger charge is 2.50. The summed E-state index contributed by atoms with van der Waals surface area (Å²) in [6.07, 6.45) is 0.633. The summed E-state index contributed by atoms with van der Waals surface area (Å²) in [7, 11) is 1.34. The number of Topliss-reactive ketones (excluding diaryl/α,β-unsaturated/α-hetero) is 1. The molecule has 5 rings (SSSR count). The first-order chi connectivity index (χ1) is 23.4. The molecule has 14 heteroatoms. The third kappa shape index (κ3) is 7.25. The van der Waals surface area contributed by atoms with Gasteiger partial charge >= 0.3 is 0 Å². The van der Waals surface area contributed by atoms with Gasteiger partial charge in [-0.05, 0) is 25.8 Å². The van der Waals surface area contributed by atoms with Crippen molar-refractivity contribution in [1.82, 2.24) is 4.90 Å². The SMILES string of the molecule is CCCCN(C=N[C@H]1CC(O[C@H]2CC(O)(C(=O)CO)Cc3c(O)c4c(c(O)c32)C(=O)c2c(OC)cccc2C4=O)OC(C)[C@H]1O)CCCC.Cl. The van der Waals surface area contributed by atoms with Crippen molar-refractivity contribution in [3.63, 3.8) is 0 Å². The van der Waals surface area contributed by atoms with Gasteiger partial charge in [0.05, 0.1) is 48.4 Å². The van der Waals surface area contributed by atoms with E-state index in [0.29, 0.717) is 0 Å². The molecule has 0 spiro atoms. The summed E-state index contributed by atoms with van der Waals surface area (Å²) in [5.41, 5.74) is -3.59. The van der Waals surface area contributed by atoms with Crippen LogP contribution >= 0.6 is 12.4 Å². The van der Waals surface area contributed by atoms with Crippen molar-refractivity contribution < 1.29 is 54.1 Å². The molecule has 1 heterocycles. The van der Waals surface area contributed by atoms with Crippen molar-refractivity contribution in [1.29, 1.82) is 0 Å². The van der Waals surface area contributed by atoms with Crippen molar-refractivity contribution in [2.24, 2.45) is 4.99 Å². The Morgan fingerprint density at radius 2 is 1.74 bits per heavy atom. The molecule has 1 saturated heterocycles. The van der Waals surface area contributed by atoms with E-state index >= 15 is 0 Å². The van der Waals surface area contributed by atoms with E-state index in [4.69, 9.17) is 19.2 Å². The summed E-state index contributed by atoms with van der Waals surface area (Å²) in [4.78, 5) is 47.3. The molecule has 5 N–H and O–H groups in total. The Morgan fingerprint density at radius 3 is 2.36 bits per heavy atom. The number of aliphatic imine (C=N–C) groups is 1. The van der Waals surface area contributed by atoms with Crippen LogP contribution in [0.25, 0.3) is 0 Å². The minimum atomic E-state index is -2.26. The Morgan fingerprint density at radius 1 is 1.08 bits per heavy atom. The number of rotatable bonds is 13. The Bertz CT molecular complexity index is 1620. The second-order valence-electron chi connectivity index (χ2n) is 13.1. The molecule has 13 nitrogen and oxygen atoms in total. The first kappa shape index (κ1) is 39.2. The zero-order valence-corrected chi connectivity index (χ0v) is 29.6. The molecule has 3 aliphatic rings. The van der Waals surface area contributed by atoms with E-state index in [2.05, 4.69) is 18.7 Å². The van der Waals surface area contributed by atoms with Crippen LogP contribution < -0.4 is 4.74 Å². The van der Waals surface area contributed by atoms with Crippen LogP contribution in [0.3, 0.4) is 0 Å². The Hall–Kier alpha value is -3.59. The summed E-state index contributed by atoms with van der Waals surface area (Å²) in [5.74, 6) is -3.73. The van der Waals surface area contributed by atoms with Gasteiger partial charge in [-0.1, -0.05) is 38.8 Å². The maximum atomic E-state index is 13.9. The van der Waals surface area contributed by atoms with Crippen molar-refractivity contribution in [3.05, 3.63) is 51.6 Å². The molecule has 2 aliphatic carbocycles. The highest BCUT2D eigenvalue weighted by Crippen LogP contribution is 2.52. The van der Waals surface area contributed by atoms with E-state index in [1.165, 1.54) is 25.3 Å². The van der Waals surface area contributed by atoms with Crippen molar-refractivity contribution in [3.8, 4) is 17.2 Å². The summed E-state index contributed by atoms with van der Waals surface area (Å²) < 4.78 is 17.6. The highest BCUT2D eigenvalue weighted by molar-refractivity contribution is 6.31. The van der Waals surface area contributed by atoms with E-state index in [0.717, 1.165) is 38.8 Å². The maximum absolute atomic E-state index is 13.9. The molecule has 6 atom stereocenters. The molecule has 2 aromatic carbocycles. The van der Waals surface area contributed by atoms with Crippen molar-refractivity contribution >= 4 is 36.1 Å². The minimum absolute atomic E-state index is 0. The van der Waals surface area contributed by atoms with Gasteiger partial charge in [0.1, 0.15) is 35.6 Å². The van der Waals surface area contributed by atoms with Crippen molar-refractivity contribution in [2.45, 2.75) is 102 Å². The number of nitrogens with zero attached hydrogens (tertiary/aromatic N) is 2. The molecule has 3 unspecified atom stereocenters. The first-order valence-electron chi connectivity index (χ1n) is 16.9. The smallest absolute Gasteiger partial charge is 0.202 e. The minimum Gasteiger partial charge on any atom is -0.507 e. The maximum Gasteiger partial charge on any atom is 0.202 e. The lowest BCUT2D eigenvalue weighted by molar-refractivity contribution is -0.247. The fraction of sp³-hybridized carbons (Fsp3) is 0.556. The topological polar surface area (TPSA) is 196 Å². The largest absolute Gasteiger partial charge is 0.507 e. The average molecular weight is 719 g/mol. The molecular weight excluding hydrogens is 672 g/mol. The molecule has 0 aromatic heterocycles. The van der Waals surface area contributed by atoms with Gasteiger partial charge in [-0.2, -0.15) is 0 Å². The fourth-order valence-corrected chi connectivity index (χ4v) is 6.97. The highest BCUT2D eigenvalue weighted by atomic mass is 35.5. The third-order valence-electron chi connectivity index (χ3n) is 9.75. The number of phenolic OH excluding ortho intramolecular Hbond substituents is 2. The van der Waals surface area contributed by atoms with Gasteiger partial charge in [0, 0.05) is 49.0 Å². The molecule has 1 aliphatic heterocycles. The molecular formula is C36H47ClN2O11. The van der Waals surface area contributed by atoms with E-state index in [9.17, 15) is 39.9 Å². The van der Waals surface area contributed by atoms with Crippen LogP contribution in [-0.4, -0.2) is 111 Å². The molecule has 1 fully saturated rings. The third-order valence-corrected chi connectivity index (χ3v) is 9.75. The number of aliphatic hydroxyl groups excluding tert-OH is 2. The second-order valence-corrected chi connectivity index (χ2v) is 13.1. The van der Waals surface area contributed by atoms with Crippen LogP contribution in [0.5, 0.6) is 17.2 Å².